The van der Waals surface area contributed by atoms with Gasteiger partial charge in [0.25, 0.3) is 0 Å². The molecule has 0 unspecified atom stereocenters. The predicted molar refractivity (Wildman–Crippen MR) is 119 cm³/mol. The first-order valence-electron chi connectivity index (χ1n) is 9.68. The number of benzene rings is 4. The van der Waals surface area contributed by atoms with Gasteiger partial charge in [-0.25, -0.2) is 0 Å². The Morgan fingerprint density at radius 1 is 0.655 bits per heavy atom. The van der Waals surface area contributed by atoms with Crippen LogP contribution in [0.2, 0.25) is 0 Å². The summed E-state index contributed by atoms with van der Waals surface area (Å²) >= 11 is 0. The highest BCUT2D eigenvalue weighted by atomic mass is 15.0. The van der Waals surface area contributed by atoms with Gasteiger partial charge >= 0.3 is 0 Å². The molecule has 0 atom stereocenters. The number of hydrogen-bond acceptors (Lipinski definition) is 1. The molecule has 2 aromatic heterocycles. The summed E-state index contributed by atoms with van der Waals surface area (Å²) in [5.41, 5.74) is 6.24. The molecule has 29 heavy (non-hydrogen) atoms. The molecule has 0 saturated heterocycles. The van der Waals surface area contributed by atoms with Crippen LogP contribution in [0, 0.1) is 11.3 Å². The summed E-state index contributed by atoms with van der Waals surface area (Å²) < 4.78 is 4.47. The summed E-state index contributed by atoms with van der Waals surface area (Å²) in [4.78, 5) is 0. The lowest BCUT2D eigenvalue weighted by Gasteiger charge is -2.10. The molecular formula is C26H17N3. The Bertz CT molecular complexity index is 1620. The molecule has 0 bridgehead atoms. The largest absolute Gasteiger partial charge is 0.344 e. The monoisotopic (exact) mass is 371 g/mol. The number of nitriles is 1. The van der Waals surface area contributed by atoms with Crippen LogP contribution in [-0.2, 0) is 7.05 Å². The van der Waals surface area contributed by atoms with E-state index in [1.807, 2.05) is 12.1 Å². The average Bonchev–Trinajstić information content (AvgIpc) is 3.26. The summed E-state index contributed by atoms with van der Waals surface area (Å²) in [5, 5.41) is 14.6. The van der Waals surface area contributed by atoms with E-state index in [0.717, 1.165) is 27.5 Å². The highest BCUT2D eigenvalue weighted by molar-refractivity contribution is 6.12. The van der Waals surface area contributed by atoms with E-state index >= 15 is 0 Å². The topological polar surface area (TPSA) is 33.6 Å². The fourth-order valence-electron chi connectivity index (χ4n) is 4.67. The number of fused-ring (bicyclic) bond motifs is 6. The number of aromatic nitrogens is 2. The van der Waals surface area contributed by atoms with E-state index in [2.05, 4.69) is 95.0 Å². The maximum Gasteiger partial charge on any atom is 0.101 e. The van der Waals surface area contributed by atoms with Crippen molar-refractivity contribution in [2.45, 2.75) is 0 Å². The number of para-hydroxylation sites is 3. The molecule has 3 heteroatoms. The van der Waals surface area contributed by atoms with Gasteiger partial charge in [-0.2, -0.15) is 5.26 Å². The van der Waals surface area contributed by atoms with Crippen LogP contribution in [0.4, 0.5) is 0 Å². The fraction of sp³-hybridized carbons (Fsp3) is 0.0385. The van der Waals surface area contributed by atoms with E-state index in [1.165, 1.54) is 21.8 Å². The van der Waals surface area contributed by atoms with Crippen molar-refractivity contribution in [3.8, 4) is 11.8 Å². The second kappa shape index (κ2) is 5.73. The van der Waals surface area contributed by atoms with Crippen LogP contribution >= 0.6 is 0 Å². The second-order valence-corrected chi connectivity index (χ2v) is 7.44. The third kappa shape index (κ3) is 2.06. The first kappa shape index (κ1) is 16.0. The van der Waals surface area contributed by atoms with Gasteiger partial charge in [-0.15, -0.1) is 0 Å². The van der Waals surface area contributed by atoms with Crippen molar-refractivity contribution < 1.29 is 0 Å². The van der Waals surface area contributed by atoms with Crippen LogP contribution in [-0.4, -0.2) is 9.13 Å². The lowest BCUT2D eigenvalue weighted by atomic mass is 10.1. The Morgan fingerprint density at radius 3 is 2.10 bits per heavy atom. The Hall–Kier alpha value is -4.03. The predicted octanol–water partition coefficient (Wildman–Crippen LogP) is 6.30. The summed E-state index contributed by atoms with van der Waals surface area (Å²) in [6.45, 7) is 0. The minimum Gasteiger partial charge on any atom is -0.344 e. The second-order valence-electron chi connectivity index (χ2n) is 7.44. The first-order chi connectivity index (χ1) is 14.3. The molecule has 0 N–H and O–H groups in total. The Labute approximate surface area is 167 Å². The molecule has 0 aliphatic carbocycles. The summed E-state index contributed by atoms with van der Waals surface area (Å²) in [7, 11) is 2.11. The molecule has 0 fully saturated rings. The third-order valence-electron chi connectivity index (χ3n) is 5.97. The Balaban J connectivity index is 1.78. The van der Waals surface area contributed by atoms with Gasteiger partial charge in [0, 0.05) is 39.8 Å². The lowest BCUT2D eigenvalue weighted by molar-refractivity contribution is 1.01. The third-order valence-corrected chi connectivity index (χ3v) is 5.97. The van der Waals surface area contributed by atoms with Gasteiger partial charge in [0.15, 0.2) is 0 Å². The average molecular weight is 371 g/mol. The number of hydrogen-bond donors (Lipinski definition) is 0. The zero-order valence-corrected chi connectivity index (χ0v) is 15.9. The number of rotatable bonds is 1. The molecule has 0 saturated carbocycles. The van der Waals surface area contributed by atoms with E-state index < -0.39 is 0 Å². The molecule has 0 amide bonds. The van der Waals surface area contributed by atoms with Crippen molar-refractivity contribution in [2.24, 2.45) is 7.05 Å². The summed E-state index contributed by atoms with van der Waals surface area (Å²) in [6, 6.07) is 31.8. The van der Waals surface area contributed by atoms with Crippen LogP contribution in [0.25, 0.3) is 49.3 Å². The highest BCUT2D eigenvalue weighted by Gasteiger charge is 2.16. The minimum absolute atomic E-state index is 0.691. The number of nitrogens with zero attached hydrogens (tertiary/aromatic N) is 3. The maximum atomic E-state index is 9.78. The van der Waals surface area contributed by atoms with Crippen LogP contribution in [0.5, 0.6) is 0 Å². The smallest absolute Gasteiger partial charge is 0.101 e. The SMILES string of the molecule is Cn1c2ccccc2c2ccc(-n3c4ccccc4c4cccc(C#N)c43)cc21. The molecule has 3 nitrogen and oxygen atoms in total. The van der Waals surface area contributed by atoms with E-state index in [9.17, 15) is 5.26 Å². The molecule has 0 aliphatic heterocycles. The molecule has 6 aromatic rings. The Morgan fingerprint density at radius 2 is 1.31 bits per heavy atom. The van der Waals surface area contributed by atoms with Gasteiger partial charge < -0.3 is 9.13 Å². The molecule has 4 aromatic carbocycles. The van der Waals surface area contributed by atoms with Crippen molar-refractivity contribution in [3.63, 3.8) is 0 Å². The van der Waals surface area contributed by atoms with E-state index in [-0.39, 0.29) is 0 Å². The zero-order chi connectivity index (χ0) is 19.5. The van der Waals surface area contributed by atoms with Gasteiger partial charge in [0.2, 0.25) is 0 Å². The molecule has 6 rings (SSSR count). The zero-order valence-electron chi connectivity index (χ0n) is 15.9. The Kier molecular flexibility index (Phi) is 3.16. The van der Waals surface area contributed by atoms with E-state index in [4.69, 9.17) is 0 Å². The van der Waals surface area contributed by atoms with Crippen molar-refractivity contribution in [1.82, 2.24) is 9.13 Å². The molecular weight excluding hydrogens is 354 g/mol. The standard InChI is InChI=1S/C26H17N3/c1-28-23-11-4-2-8-19(23)21-14-13-18(15-25(21)28)29-24-12-5-3-9-20(24)22-10-6-7-17(16-27)26(22)29/h2-15H,1H3. The normalized spacial score (nSPS) is 11.6. The van der Waals surface area contributed by atoms with Crippen LogP contribution in [0.1, 0.15) is 5.56 Å². The van der Waals surface area contributed by atoms with Crippen LogP contribution < -0.4 is 0 Å². The molecule has 0 aliphatic rings. The maximum absolute atomic E-state index is 9.78. The van der Waals surface area contributed by atoms with Crippen molar-refractivity contribution in [3.05, 3.63) is 90.5 Å². The first-order valence-corrected chi connectivity index (χ1v) is 9.68. The van der Waals surface area contributed by atoms with Crippen molar-refractivity contribution in [1.29, 1.82) is 5.26 Å². The van der Waals surface area contributed by atoms with Crippen molar-refractivity contribution >= 4 is 43.6 Å². The summed E-state index contributed by atoms with van der Waals surface area (Å²) in [5.74, 6) is 0. The van der Waals surface area contributed by atoms with Crippen LogP contribution in [0.3, 0.4) is 0 Å². The summed E-state index contributed by atoms with van der Waals surface area (Å²) in [6.07, 6.45) is 0. The van der Waals surface area contributed by atoms with Gasteiger partial charge in [-0.05, 0) is 30.3 Å². The molecule has 0 radical (unpaired) electrons. The molecule has 136 valence electrons. The van der Waals surface area contributed by atoms with E-state index in [1.54, 1.807) is 0 Å². The highest BCUT2D eigenvalue weighted by Crippen LogP contribution is 2.36. The van der Waals surface area contributed by atoms with Gasteiger partial charge in [-0.1, -0.05) is 54.6 Å². The fourth-order valence-corrected chi connectivity index (χ4v) is 4.67. The van der Waals surface area contributed by atoms with E-state index in [0.29, 0.717) is 5.56 Å². The van der Waals surface area contributed by atoms with Crippen molar-refractivity contribution in [2.75, 3.05) is 0 Å². The van der Waals surface area contributed by atoms with Gasteiger partial charge in [0.05, 0.1) is 22.1 Å². The van der Waals surface area contributed by atoms with Crippen LogP contribution in [0.15, 0.2) is 84.9 Å². The molecule has 2 heterocycles. The lowest BCUT2D eigenvalue weighted by Crippen LogP contribution is -1.96. The quantitative estimate of drug-likeness (QED) is 0.334. The molecule has 0 spiro atoms. The van der Waals surface area contributed by atoms with Gasteiger partial charge in [-0.3, -0.25) is 0 Å². The van der Waals surface area contributed by atoms with Gasteiger partial charge in [0.1, 0.15) is 6.07 Å². The number of aryl methyl sites for hydroxylation is 1. The minimum atomic E-state index is 0.691.